The van der Waals surface area contributed by atoms with E-state index in [-0.39, 0.29) is 19.4 Å². The Bertz CT molecular complexity index is 1150. The Morgan fingerprint density at radius 2 is 1.13 bits per heavy atom. The van der Waals surface area contributed by atoms with Crippen molar-refractivity contribution >= 4 is 19.8 Å². The highest BCUT2D eigenvalue weighted by atomic mass is 31.2. The minimum Gasteiger partial charge on any atom is -0.462 e. The summed E-state index contributed by atoms with van der Waals surface area (Å²) in [5.41, 5.74) is 0. The van der Waals surface area contributed by atoms with Gasteiger partial charge >= 0.3 is 19.8 Å². The van der Waals surface area contributed by atoms with Gasteiger partial charge in [-0.1, -0.05) is 144 Å². The molecule has 0 heterocycles. The summed E-state index contributed by atoms with van der Waals surface area (Å²) in [4.78, 5) is 42.8. The third kappa shape index (κ3) is 40.2. The first-order chi connectivity index (χ1) is 25.7. The summed E-state index contributed by atoms with van der Waals surface area (Å²) in [5.74, 6) is -1.11. The summed E-state index contributed by atoms with van der Waals surface area (Å²) in [5, 5.41) is 10.2. The molecule has 9 nitrogen and oxygen atoms in total. The molecule has 53 heavy (non-hydrogen) atoms. The summed E-state index contributed by atoms with van der Waals surface area (Å²) in [6, 6.07) is 0. The number of unbranched alkanes of at least 4 members (excludes halogenated alkanes) is 10. The van der Waals surface area contributed by atoms with Crippen molar-refractivity contribution in [2.45, 2.75) is 161 Å². The van der Waals surface area contributed by atoms with Crippen LogP contribution in [-0.4, -0.2) is 52.3 Å². The van der Waals surface area contributed by atoms with E-state index >= 15 is 0 Å². The number of carbonyl (C=O) groups excluding carboxylic acids is 2. The average Bonchev–Trinajstić information content (AvgIpc) is 3.12. The van der Waals surface area contributed by atoms with Crippen LogP contribution in [0, 0.1) is 0 Å². The lowest BCUT2D eigenvalue weighted by Gasteiger charge is -2.18. The zero-order valence-corrected chi connectivity index (χ0v) is 33.6. The minimum absolute atomic E-state index is 0.0250. The van der Waals surface area contributed by atoms with Crippen LogP contribution in [0.1, 0.15) is 149 Å². The van der Waals surface area contributed by atoms with E-state index in [4.69, 9.17) is 19.3 Å². The van der Waals surface area contributed by atoms with E-state index in [2.05, 4.69) is 79.1 Å². The Hall–Kier alpha value is -2.81. The van der Waals surface area contributed by atoms with Crippen molar-refractivity contribution in [1.82, 2.24) is 0 Å². The summed E-state index contributed by atoms with van der Waals surface area (Å²) >= 11 is 0. The van der Waals surface area contributed by atoms with Crippen molar-refractivity contribution in [2.24, 2.45) is 0 Å². The Balaban J connectivity index is 4.17. The van der Waals surface area contributed by atoms with Crippen LogP contribution in [0.5, 0.6) is 0 Å². The van der Waals surface area contributed by atoms with Crippen molar-refractivity contribution in [3.63, 3.8) is 0 Å². The van der Waals surface area contributed by atoms with Crippen LogP contribution in [0.2, 0.25) is 0 Å². The van der Waals surface area contributed by atoms with Gasteiger partial charge in [-0.05, 0) is 77.0 Å². The molecule has 0 aromatic heterocycles. The fourth-order valence-electron chi connectivity index (χ4n) is 5.02. The maximum absolute atomic E-state index is 12.4. The molecule has 0 aromatic carbocycles. The van der Waals surface area contributed by atoms with E-state index in [1.165, 1.54) is 44.9 Å². The minimum atomic E-state index is -4.81. The van der Waals surface area contributed by atoms with Gasteiger partial charge in [-0.15, -0.1) is 0 Å². The van der Waals surface area contributed by atoms with Gasteiger partial charge in [0.1, 0.15) is 6.61 Å². The molecular formula is C43H71O9P. The molecular weight excluding hydrogens is 691 g/mol. The lowest BCUT2D eigenvalue weighted by molar-refractivity contribution is -0.161. The quantitative estimate of drug-likeness (QED) is 0.0189. The molecule has 0 amide bonds. The second-order valence-electron chi connectivity index (χ2n) is 13.1. The fourth-order valence-corrected chi connectivity index (χ4v) is 5.38. The third-order valence-corrected chi connectivity index (χ3v) is 8.49. The number of carbonyl (C=O) groups is 2. The monoisotopic (exact) mass is 762 g/mol. The molecule has 3 N–H and O–H groups in total. The smallest absolute Gasteiger partial charge is 0.462 e. The Labute approximate surface area is 321 Å². The maximum Gasteiger partial charge on any atom is 0.469 e. The van der Waals surface area contributed by atoms with Gasteiger partial charge in [0.05, 0.1) is 12.7 Å². The number of phosphoric ester groups is 1. The Kier molecular flexibility index (Phi) is 35.5. The highest BCUT2D eigenvalue weighted by Gasteiger charge is 2.23. The van der Waals surface area contributed by atoms with Gasteiger partial charge < -0.3 is 24.4 Å². The molecule has 302 valence electrons. The molecule has 0 saturated heterocycles. The molecule has 0 rings (SSSR count). The molecule has 0 aliphatic heterocycles. The molecule has 0 radical (unpaired) electrons. The summed E-state index contributed by atoms with van der Waals surface area (Å²) < 4.78 is 26.2. The van der Waals surface area contributed by atoms with E-state index in [1.807, 2.05) is 12.2 Å². The molecule has 0 aromatic rings. The number of aliphatic hydroxyl groups excluding tert-OH is 1. The van der Waals surface area contributed by atoms with Crippen LogP contribution >= 0.6 is 7.82 Å². The number of hydrogen-bond acceptors (Lipinski definition) is 7. The van der Waals surface area contributed by atoms with E-state index in [0.29, 0.717) is 19.3 Å². The van der Waals surface area contributed by atoms with Crippen molar-refractivity contribution in [1.29, 1.82) is 0 Å². The standard InChI is InChI=1S/C43H71O9P/c1-3-5-7-9-11-13-15-17-18-19-20-22-24-26-28-30-32-36-42(45)50-38-41(39-51-53(47,48)49)52-43(46)37-33-35-40(44)34-31-29-27-25-23-21-16-14-12-10-8-6-4-2/h6,8,11-14,17-18,21,23,27,29,31,34,40-41,44H,3-5,7,9-10,15-16,19-20,22,24-26,28,30,32-33,35-39H2,1-2H3,(H2,47,48,49)/b8-6-,13-11-,14-12-,18-17-,23-21-,29-27-,34-31+/t40?,41-/m1/s1. The van der Waals surface area contributed by atoms with E-state index in [1.54, 1.807) is 12.2 Å². The first kappa shape index (κ1) is 50.2. The van der Waals surface area contributed by atoms with Gasteiger partial charge in [-0.3, -0.25) is 14.1 Å². The van der Waals surface area contributed by atoms with Gasteiger partial charge in [-0.2, -0.15) is 0 Å². The SMILES string of the molecule is CC/C=C\C/C=C\C/C=C\C/C=C\C=C\C(O)CCCC(=O)O[C@H](COC(=O)CCCCCCCCC/C=C\C/C=C\CCCCC)COP(=O)(O)O. The van der Waals surface area contributed by atoms with Gasteiger partial charge in [0.15, 0.2) is 6.10 Å². The lowest BCUT2D eigenvalue weighted by Crippen LogP contribution is -2.29. The second-order valence-corrected chi connectivity index (χ2v) is 14.3. The second kappa shape index (κ2) is 37.5. The molecule has 10 heteroatoms. The van der Waals surface area contributed by atoms with E-state index in [0.717, 1.165) is 57.8 Å². The maximum atomic E-state index is 12.4. The number of hydrogen-bond donors (Lipinski definition) is 3. The highest BCUT2D eigenvalue weighted by Crippen LogP contribution is 2.36. The van der Waals surface area contributed by atoms with Crippen molar-refractivity contribution in [3.05, 3.63) is 85.1 Å². The van der Waals surface area contributed by atoms with E-state index < -0.39 is 38.6 Å². The third-order valence-electron chi connectivity index (χ3n) is 8.00. The van der Waals surface area contributed by atoms with Crippen LogP contribution < -0.4 is 0 Å². The topological polar surface area (TPSA) is 140 Å². The van der Waals surface area contributed by atoms with Gasteiger partial charge in [0.2, 0.25) is 0 Å². The molecule has 1 unspecified atom stereocenters. The van der Waals surface area contributed by atoms with Crippen LogP contribution in [0.3, 0.4) is 0 Å². The normalized spacial score (nSPS) is 14.0. The van der Waals surface area contributed by atoms with Crippen molar-refractivity contribution in [3.8, 4) is 0 Å². The van der Waals surface area contributed by atoms with Gasteiger partial charge in [-0.25, -0.2) is 4.57 Å². The lowest BCUT2D eigenvalue weighted by atomic mass is 10.1. The predicted octanol–water partition coefficient (Wildman–Crippen LogP) is 11.0. The summed E-state index contributed by atoms with van der Waals surface area (Å²) in [7, 11) is -4.81. The number of phosphoric acid groups is 1. The molecule has 0 saturated carbocycles. The number of aliphatic hydroxyl groups is 1. The van der Waals surface area contributed by atoms with Crippen LogP contribution in [0.25, 0.3) is 0 Å². The first-order valence-electron chi connectivity index (χ1n) is 20.0. The average molecular weight is 763 g/mol. The number of rotatable bonds is 35. The summed E-state index contributed by atoms with van der Waals surface area (Å²) in [6.45, 7) is 3.36. The van der Waals surface area contributed by atoms with Crippen molar-refractivity contribution < 1.29 is 43.0 Å². The molecule has 0 aliphatic rings. The van der Waals surface area contributed by atoms with Crippen LogP contribution in [-0.2, 0) is 28.2 Å². The number of esters is 2. The van der Waals surface area contributed by atoms with Crippen molar-refractivity contribution in [2.75, 3.05) is 13.2 Å². The van der Waals surface area contributed by atoms with Gasteiger partial charge in [0.25, 0.3) is 0 Å². The molecule has 0 spiro atoms. The highest BCUT2D eigenvalue weighted by molar-refractivity contribution is 7.46. The zero-order chi connectivity index (χ0) is 39.1. The Morgan fingerprint density at radius 3 is 1.74 bits per heavy atom. The molecule has 0 aliphatic carbocycles. The van der Waals surface area contributed by atoms with E-state index in [9.17, 15) is 19.3 Å². The van der Waals surface area contributed by atoms with Crippen LogP contribution in [0.4, 0.5) is 0 Å². The first-order valence-corrected chi connectivity index (χ1v) is 21.5. The molecule has 2 atom stereocenters. The predicted molar refractivity (Wildman–Crippen MR) is 217 cm³/mol. The van der Waals surface area contributed by atoms with Crippen LogP contribution in [0.15, 0.2) is 85.1 Å². The number of ether oxygens (including phenoxy) is 2. The molecule has 0 fully saturated rings. The fraction of sp³-hybridized carbons (Fsp3) is 0.628. The Morgan fingerprint density at radius 1 is 0.604 bits per heavy atom. The molecule has 0 bridgehead atoms. The largest absolute Gasteiger partial charge is 0.469 e. The summed E-state index contributed by atoms with van der Waals surface area (Å²) in [6.07, 6.45) is 46.2. The number of allylic oxidation sites excluding steroid dienone is 13. The van der Waals surface area contributed by atoms with Gasteiger partial charge in [0, 0.05) is 12.8 Å². The zero-order valence-electron chi connectivity index (χ0n) is 32.7.